The molecule has 0 radical (unpaired) electrons. The number of nitrogens with one attached hydrogen (secondary N) is 1. The van der Waals surface area contributed by atoms with Crippen LogP contribution in [0.5, 0.6) is 5.75 Å². The van der Waals surface area contributed by atoms with Crippen LogP contribution in [0.4, 0.5) is 5.69 Å². The zero-order valence-corrected chi connectivity index (χ0v) is 13.1. The molecule has 4 nitrogen and oxygen atoms in total. The number of methoxy groups -OCH3 is 1. The summed E-state index contributed by atoms with van der Waals surface area (Å²) in [6.45, 7) is 1.87. The number of carbonyl (C=O) groups is 1. The highest BCUT2D eigenvalue weighted by Crippen LogP contribution is 2.30. The highest BCUT2D eigenvalue weighted by Gasteiger charge is 2.10. The van der Waals surface area contributed by atoms with Gasteiger partial charge in [-0.05, 0) is 30.7 Å². The van der Waals surface area contributed by atoms with Crippen molar-refractivity contribution in [1.82, 2.24) is 0 Å². The van der Waals surface area contributed by atoms with E-state index in [1.54, 1.807) is 12.1 Å². The molecule has 0 aliphatic carbocycles. The quantitative estimate of drug-likeness (QED) is 0.781. The number of hydrogen-bond donors (Lipinski definition) is 1. The van der Waals surface area contributed by atoms with E-state index in [0.29, 0.717) is 28.6 Å². The molecule has 0 aliphatic heterocycles. The van der Waals surface area contributed by atoms with Crippen molar-refractivity contribution < 1.29 is 9.53 Å². The molecule has 0 atom stereocenters. The lowest BCUT2D eigenvalue weighted by atomic mass is 10.2. The fourth-order valence-corrected chi connectivity index (χ4v) is 2.44. The maximum absolute atomic E-state index is 11.8. The van der Waals surface area contributed by atoms with Crippen molar-refractivity contribution in [1.29, 1.82) is 5.26 Å². The Labute approximate surface area is 128 Å². The van der Waals surface area contributed by atoms with E-state index in [1.807, 2.05) is 6.92 Å². The summed E-state index contributed by atoms with van der Waals surface area (Å²) in [6, 6.07) is 5.56. The number of anilines is 1. The smallest absolute Gasteiger partial charge is 0.234 e. The summed E-state index contributed by atoms with van der Waals surface area (Å²) in [6.07, 6.45) is 1.33. The molecule has 0 heterocycles. The summed E-state index contributed by atoms with van der Waals surface area (Å²) in [7, 11) is 1.54. The van der Waals surface area contributed by atoms with Gasteiger partial charge in [-0.15, -0.1) is 0 Å². The van der Waals surface area contributed by atoms with E-state index in [1.165, 1.54) is 18.9 Å². The lowest BCUT2D eigenvalue weighted by Gasteiger charge is -2.12. The van der Waals surface area contributed by atoms with Crippen LogP contribution in [-0.2, 0) is 4.79 Å². The first-order valence-corrected chi connectivity index (χ1v) is 7.70. The standard InChI is InChI=1S/C14H17ClN2O2S/c1-10-7-12(13(19-2)8-11(10)15)17-14(18)9-20-6-4-3-5-16/h7-8H,3-4,6,9H2,1-2H3,(H,17,18). The van der Waals surface area contributed by atoms with E-state index in [-0.39, 0.29) is 5.91 Å². The zero-order chi connectivity index (χ0) is 15.0. The number of aryl methyl sites for hydroxylation is 1. The van der Waals surface area contributed by atoms with Crippen molar-refractivity contribution >= 4 is 35.0 Å². The number of nitrogens with zero attached hydrogens (tertiary/aromatic N) is 1. The number of hydrogen-bond acceptors (Lipinski definition) is 4. The maximum atomic E-state index is 11.8. The van der Waals surface area contributed by atoms with Gasteiger partial charge in [-0.25, -0.2) is 0 Å². The Balaban J connectivity index is 2.53. The average molecular weight is 313 g/mol. The van der Waals surface area contributed by atoms with Gasteiger partial charge in [0.1, 0.15) is 5.75 Å². The van der Waals surface area contributed by atoms with Crippen molar-refractivity contribution in [2.75, 3.05) is 23.9 Å². The van der Waals surface area contributed by atoms with E-state index in [2.05, 4.69) is 11.4 Å². The van der Waals surface area contributed by atoms with Gasteiger partial charge in [0, 0.05) is 17.5 Å². The van der Waals surface area contributed by atoms with Crippen LogP contribution < -0.4 is 10.1 Å². The van der Waals surface area contributed by atoms with Gasteiger partial charge in [-0.3, -0.25) is 4.79 Å². The Bertz CT molecular complexity index is 515. The van der Waals surface area contributed by atoms with Crippen LogP contribution >= 0.6 is 23.4 Å². The number of amides is 1. The van der Waals surface area contributed by atoms with Crippen molar-refractivity contribution in [3.05, 3.63) is 22.7 Å². The Morgan fingerprint density at radius 1 is 1.55 bits per heavy atom. The SMILES string of the molecule is COc1cc(Cl)c(C)cc1NC(=O)CSCCCC#N. The molecule has 6 heteroatoms. The summed E-state index contributed by atoms with van der Waals surface area (Å²) >= 11 is 7.52. The van der Waals surface area contributed by atoms with Crippen LogP contribution in [0.3, 0.4) is 0 Å². The minimum absolute atomic E-state index is 0.0908. The lowest BCUT2D eigenvalue weighted by Crippen LogP contribution is -2.15. The van der Waals surface area contributed by atoms with Crippen molar-refractivity contribution in [3.8, 4) is 11.8 Å². The summed E-state index contributed by atoms with van der Waals surface area (Å²) in [4.78, 5) is 11.8. The van der Waals surface area contributed by atoms with Crippen molar-refractivity contribution in [2.45, 2.75) is 19.8 Å². The van der Waals surface area contributed by atoms with Crippen LogP contribution in [0.15, 0.2) is 12.1 Å². The predicted octanol–water partition coefficient (Wildman–Crippen LogP) is 3.63. The number of halogens is 1. The van der Waals surface area contributed by atoms with E-state index in [9.17, 15) is 4.79 Å². The summed E-state index contributed by atoms with van der Waals surface area (Å²) < 4.78 is 5.20. The second kappa shape index (κ2) is 8.72. The molecular formula is C14H17ClN2O2S. The molecule has 0 unspecified atom stereocenters. The molecule has 108 valence electrons. The molecule has 0 fully saturated rings. The number of thioether (sulfide) groups is 1. The van der Waals surface area contributed by atoms with Crippen LogP contribution in [-0.4, -0.2) is 24.5 Å². The van der Waals surface area contributed by atoms with Crippen LogP contribution in [0.2, 0.25) is 5.02 Å². The molecule has 1 aromatic carbocycles. The molecule has 0 aromatic heterocycles. The van der Waals surface area contributed by atoms with Crippen molar-refractivity contribution in [3.63, 3.8) is 0 Å². The first-order valence-electron chi connectivity index (χ1n) is 6.17. The van der Waals surface area contributed by atoms with Crippen LogP contribution in [0, 0.1) is 18.3 Å². The number of rotatable bonds is 7. The molecule has 1 amide bonds. The largest absolute Gasteiger partial charge is 0.495 e. The lowest BCUT2D eigenvalue weighted by molar-refractivity contribution is -0.113. The van der Waals surface area contributed by atoms with Gasteiger partial charge >= 0.3 is 0 Å². The molecule has 1 rings (SSSR count). The Morgan fingerprint density at radius 3 is 2.95 bits per heavy atom. The van der Waals surface area contributed by atoms with Crippen LogP contribution in [0.1, 0.15) is 18.4 Å². The second-order valence-corrected chi connectivity index (χ2v) is 5.68. The third-order valence-electron chi connectivity index (χ3n) is 2.57. The molecule has 0 saturated heterocycles. The molecule has 1 N–H and O–H groups in total. The highest BCUT2D eigenvalue weighted by atomic mass is 35.5. The van der Waals surface area contributed by atoms with E-state index >= 15 is 0 Å². The summed E-state index contributed by atoms with van der Waals surface area (Å²) in [5, 5.41) is 11.8. The van der Waals surface area contributed by atoms with Gasteiger partial charge in [-0.1, -0.05) is 11.6 Å². The molecule has 20 heavy (non-hydrogen) atoms. The Kier molecular flexibility index (Phi) is 7.27. The fraction of sp³-hybridized carbons (Fsp3) is 0.429. The highest BCUT2D eigenvalue weighted by molar-refractivity contribution is 7.99. The van der Waals surface area contributed by atoms with Gasteiger partial charge in [0.25, 0.3) is 0 Å². The van der Waals surface area contributed by atoms with Gasteiger partial charge in [0.05, 0.1) is 24.6 Å². The van der Waals surface area contributed by atoms with Gasteiger partial charge in [-0.2, -0.15) is 17.0 Å². The topological polar surface area (TPSA) is 62.1 Å². The van der Waals surface area contributed by atoms with Crippen molar-refractivity contribution in [2.24, 2.45) is 0 Å². The number of benzene rings is 1. The van der Waals surface area contributed by atoms with Gasteiger partial charge in [0.2, 0.25) is 5.91 Å². The van der Waals surface area contributed by atoms with Gasteiger partial charge in [0.15, 0.2) is 0 Å². The molecule has 0 aliphatic rings. The van der Waals surface area contributed by atoms with Gasteiger partial charge < -0.3 is 10.1 Å². The second-order valence-electron chi connectivity index (χ2n) is 4.16. The summed E-state index contributed by atoms with van der Waals surface area (Å²) in [5.74, 6) is 1.61. The normalized spacial score (nSPS) is 9.90. The Morgan fingerprint density at radius 2 is 2.30 bits per heavy atom. The molecule has 1 aromatic rings. The molecule has 0 saturated carbocycles. The first kappa shape index (κ1) is 16.7. The first-order chi connectivity index (χ1) is 9.58. The minimum Gasteiger partial charge on any atom is -0.495 e. The number of carbonyl (C=O) groups excluding carboxylic acids is 1. The molecule has 0 bridgehead atoms. The van der Waals surface area contributed by atoms with E-state index in [0.717, 1.165) is 17.7 Å². The fourth-order valence-electron chi connectivity index (χ4n) is 1.53. The summed E-state index contributed by atoms with van der Waals surface area (Å²) in [5.41, 5.74) is 1.50. The van der Waals surface area contributed by atoms with Crippen LogP contribution in [0.25, 0.3) is 0 Å². The predicted molar refractivity (Wildman–Crippen MR) is 83.5 cm³/mol. The Hall–Kier alpha value is -1.38. The third-order valence-corrected chi connectivity index (χ3v) is 4.02. The molecule has 0 spiro atoms. The number of unbranched alkanes of at least 4 members (excludes halogenated alkanes) is 1. The third kappa shape index (κ3) is 5.32. The monoisotopic (exact) mass is 312 g/mol. The van der Waals surface area contributed by atoms with E-state index in [4.69, 9.17) is 21.6 Å². The molecular weight excluding hydrogens is 296 g/mol. The average Bonchev–Trinajstić information content (AvgIpc) is 2.42. The zero-order valence-electron chi connectivity index (χ0n) is 11.5. The number of nitriles is 1. The minimum atomic E-state index is -0.0908. The van der Waals surface area contributed by atoms with E-state index < -0.39 is 0 Å². The number of ether oxygens (including phenoxy) is 1. The maximum Gasteiger partial charge on any atom is 0.234 e.